The summed E-state index contributed by atoms with van der Waals surface area (Å²) in [4.78, 5) is 56.8. The Labute approximate surface area is 372 Å². The fraction of sp³-hybridized carbons (Fsp3) is 0.429. The van der Waals surface area contributed by atoms with Crippen molar-refractivity contribution in [2.45, 2.75) is 67.6 Å². The number of methoxy groups -OCH3 is 1. The van der Waals surface area contributed by atoms with Crippen LogP contribution in [0.1, 0.15) is 33.6 Å². The van der Waals surface area contributed by atoms with Gasteiger partial charge in [-0.1, -0.05) is 47.5 Å². The number of hydrogen-bond acceptors (Lipinski definition) is 10. The second kappa shape index (κ2) is 20.9. The summed E-state index contributed by atoms with van der Waals surface area (Å²) in [6.45, 7) is 6.86. The number of nitrogens with one attached hydrogen (secondary N) is 2. The Kier molecular flexibility index (Phi) is 16.4. The lowest BCUT2D eigenvalue weighted by atomic mass is 10.1. The van der Waals surface area contributed by atoms with Crippen molar-refractivity contribution in [3.05, 3.63) is 82.8 Å². The highest BCUT2D eigenvalue weighted by atomic mass is 35.5. The van der Waals surface area contributed by atoms with Crippen LogP contribution < -0.4 is 9.44 Å². The van der Waals surface area contributed by atoms with Crippen molar-refractivity contribution >= 4 is 88.4 Å². The number of ether oxygens (including phenoxy) is 1. The number of carbonyl (C=O) groups excluding carboxylic acids is 4. The van der Waals surface area contributed by atoms with E-state index in [1.54, 1.807) is 89.5 Å². The van der Waals surface area contributed by atoms with Crippen LogP contribution in [-0.2, 0) is 44.0 Å². The number of nitrogens with zero attached hydrogens (tertiary/aromatic N) is 4. The fourth-order valence-electron chi connectivity index (χ4n) is 7.36. The summed E-state index contributed by atoms with van der Waals surface area (Å²) in [5.74, 6) is -1.34. The van der Waals surface area contributed by atoms with Crippen molar-refractivity contribution in [3.8, 4) is 0 Å². The molecule has 2 aliphatic rings. The summed E-state index contributed by atoms with van der Waals surface area (Å²) < 4.78 is 61.5. The largest absolute Gasteiger partial charge is 0.395 e. The van der Waals surface area contributed by atoms with Crippen LogP contribution in [0.5, 0.6) is 0 Å². The lowest BCUT2D eigenvalue weighted by Gasteiger charge is -2.29. The summed E-state index contributed by atoms with van der Waals surface area (Å²) in [6, 6.07) is 16.4. The molecule has 4 aromatic rings. The predicted molar refractivity (Wildman–Crippen MR) is 237 cm³/mol. The molecule has 2 saturated heterocycles. The Morgan fingerprint density at radius 1 is 0.742 bits per heavy atom. The van der Waals surface area contributed by atoms with Gasteiger partial charge in [-0.25, -0.2) is 16.8 Å². The second-order valence-electron chi connectivity index (χ2n) is 15.0. The van der Waals surface area contributed by atoms with E-state index in [1.807, 2.05) is 0 Å². The average molecular weight is 936 g/mol. The van der Waals surface area contributed by atoms with Crippen LogP contribution in [-0.4, -0.2) is 149 Å². The lowest BCUT2D eigenvalue weighted by molar-refractivity contribution is -0.143. The van der Waals surface area contributed by atoms with E-state index in [-0.39, 0.29) is 47.7 Å². The molecule has 4 atom stereocenters. The van der Waals surface area contributed by atoms with Gasteiger partial charge < -0.3 is 29.4 Å². The Morgan fingerprint density at radius 2 is 1.16 bits per heavy atom. The Morgan fingerprint density at radius 3 is 1.58 bits per heavy atom. The number of fused-ring (bicyclic) bond motifs is 2. The van der Waals surface area contributed by atoms with E-state index >= 15 is 0 Å². The third-order valence-electron chi connectivity index (χ3n) is 11.0. The SMILES string of the molecule is CCN(CCO)C(=O)[C@H](C)N1CC[C@H](NS(=O)(=O)c2ccc3cc(Cl)ccc3c2)C1=O.COCCN(C)C(=O)[C@H](C)N1CC[C@H](NS(=O)(=O)c2ccc3cc(Cl)ccc3c2)C1=O. The number of sulfonamides is 2. The van der Waals surface area contributed by atoms with Gasteiger partial charge in [0.1, 0.15) is 24.2 Å². The molecule has 2 fully saturated rings. The van der Waals surface area contributed by atoms with E-state index in [0.29, 0.717) is 42.7 Å². The van der Waals surface area contributed by atoms with Crippen LogP contribution in [0.2, 0.25) is 10.0 Å². The monoisotopic (exact) mass is 934 g/mol. The van der Waals surface area contributed by atoms with Gasteiger partial charge in [-0.2, -0.15) is 9.44 Å². The number of benzene rings is 4. The minimum atomic E-state index is -3.94. The van der Waals surface area contributed by atoms with Gasteiger partial charge in [-0.05, 0) is 104 Å². The standard InChI is InChI=1S/2C21H26ClN3O5S/c1-14(20(26)24(2)10-11-30-3)25-9-8-19(21(25)27)23-31(28,29)18-7-5-15-12-17(22)6-4-16(15)13-18;1-3-24(10-11-26)20(27)14(2)25-9-8-19(21(25)28)23-31(29,30)18-7-5-15-12-17(22)6-4-16(15)13-18/h4-7,12-14,19,23H,8-11H2,1-3H3;4-7,12-14,19,23,26H,3,8-11H2,1-2H3/t2*14-,19-/m00/s1. The summed E-state index contributed by atoms with van der Waals surface area (Å²) in [5, 5.41) is 13.3. The van der Waals surface area contributed by atoms with Gasteiger partial charge in [0.15, 0.2) is 0 Å². The first-order valence-electron chi connectivity index (χ1n) is 20.0. The quantitative estimate of drug-likeness (QED) is 0.149. The number of aliphatic hydroxyl groups is 1. The van der Waals surface area contributed by atoms with Gasteiger partial charge in [0, 0.05) is 56.9 Å². The number of amides is 4. The van der Waals surface area contributed by atoms with Gasteiger partial charge in [-0.3, -0.25) is 19.2 Å². The summed E-state index contributed by atoms with van der Waals surface area (Å²) in [5.41, 5.74) is 0. The molecule has 16 nitrogen and oxygen atoms in total. The number of likely N-dealkylation sites (N-methyl/N-ethyl adjacent to an activating group) is 2. The molecule has 2 aliphatic heterocycles. The molecule has 0 aliphatic carbocycles. The zero-order chi connectivity index (χ0) is 45.5. The number of carbonyl (C=O) groups is 4. The zero-order valence-electron chi connectivity index (χ0n) is 35.1. The molecule has 0 aromatic heterocycles. The molecule has 0 spiro atoms. The molecule has 4 amide bonds. The van der Waals surface area contributed by atoms with E-state index in [4.69, 9.17) is 33.0 Å². The van der Waals surface area contributed by atoms with Crippen LogP contribution in [0.25, 0.3) is 21.5 Å². The number of likely N-dealkylation sites (tertiary alicyclic amines) is 2. The molecule has 336 valence electrons. The first-order chi connectivity index (χ1) is 29.3. The summed E-state index contributed by atoms with van der Waals surface area (Å²) in [7, 11) is -4.66. The fourth-order valence-corrected chi connectivity index (χ4v) is 10.2. The highest BCUT2D eigenvalue weighted by molar-refractivity contribution is 7.89. The molecule has 0 saturated carbocycles. The minimum Gasteiger partial charge on any atom is -0.395 e. The molecule has 0 bridgehead atoms. The smallest absolute Gasteiger partial charge is 0.245 e. The van der Waals surface area contributed by atoms with Crippen molar-refractivity contribution in [1.82, 2.24) is 29.0 Å². The highest BCUT2D eigenvalue weighted by Crippen LogP contribution is 2.26. The van der Waals surface area contributed by atoms with E-state index in [1.165, 1.54) is 37.8 Å². The predicted octanol–water partition coefficient (Wildman–Crippen LogP) is 3.47. The number of halogens is 2. The van der Waals surface area contributed by atoms with Crippen molar-refractivity contribution in [2.75, 3.05) is 60.1 Å². The molecular weight excluding hydrogens is 884 g/mol. The van der Waals surface area contributed by atoms with Gasteiger partial charge in [0.25, 0.3) is 0 Å². The van der Waals surface area contributed by atoms with E-state index < -0.39 is 56.0 Å². The van der Waals surface area contributed by atoms with Gasteiger partial charge in [-0.15, -0.1) is 0 Å². The lowest BCUT2D eigenvalue weighted by Crippen LogP contribution is -2.50. The molecule has 2 heterocycles. The maximum absolute atomic E-state index is 12.9. The molecule has 6 rings (SSSR count). The molecule has 20 heteroatoms. The highest BCUT2D eigenvalue weighted by Gasteiger charge is 2.41. The summed E-state index contributed by atoms with van der Waals surface area (Å²) in [6.07, 6.45) is 0.561. The van der Waals surface area contributed by atoms with Crippen LogP contribution >= 0.6 is 23.2 Å². The van der Waals surface area contributed by atoms with Crippen molar-refractivity contribution in [2.24, 2.45) is 0 Å². The molecule has 62 heavy (non-hydrogen) atoms. The van der Waals surface area contributed by atoms with Crippen molar-refractivity contribution < 1.29 is 45.9 Å². The van der Waals surface area contributed by atoms with Gasteiger partial charge in [0.2, 0.25) is 43.7 Å². The zero-order valence-corrected chi connectivity index (χ0v) is 38.2. The van der Waals surface area contributed by atoms with Crippen LogP contribution in [0.4, 0.5) is 0 Å². The van der Waals surface area contributed by atoms with E-state index in [2.05, 4.69) is 9.44 Å². The Balaban J connectivity index is 0.000000234. The molecule has 0 radical (unpaired) electrons. The topological polar surface area (TPSA) is 203 Å². The van der Waals surface area contributed by atoms with Crippen LogP contribution in [0, 0.1) is 0 Å². The number of hydrogen-bond donors (Lipinski definition) is 3. The first-order valence-corrected chi connectivity index (χ1v) is 23.7. The third kappa shape index (κ3) is 11.4. The Hall–Kier alpha value is -4.40. The van der Waals surface area contributed by atoms with Gasteiger partial charge >= 0.3 is 0 Å². The second-order valence-corrected chi connectivity index (χ2v) is 19.3. The molecule has 3 N–H and O–H groups in total. The maximum atomic E-state index is 12.9. The van der Waals surface area contributed by atoms with E-state index in [0.717, 1.165) is 21.5 Å². The molecule has 0 unspecified atom stereocenters. The molecule has 4 aromatic carbocycles. The van der Waals surface area contributed by atoms with E-state index in [9.17, 15) is 36.0 Å². The Bertz CT molecular complexity index is 2530. The number of rotatable bonds is 16. The van der Waals surface area contributed by atoms with Crippen molar-refractivity contribution in [1.29, 1.82) is 0 Å². The third-order valence-corrected chi connectivity index (χ3v) is 14.4. The maximum Gasteiger partial charge on any atom is 0.245 e. The minimum absolute atomic E-state index is 0.0535. The van der Waals surface area contributed by atoms with Crippen molar-refractivity contribution in [3.63, 3.8) is 0 Å². The summed E-state index contributed by atoms with van der Waals surface area (Å²) >= 11 is 12.0. The van der Waals surface area contributed by atoms with Crippen LogP contribution in [0.3, 0.4) is 0 Å². The molecular formula is C42H52Cl2N6O10S2. The average Bonchev–Trinajstić information content (AvgIpc) is 3.79. The van der Waals surface area contributed by atoms with Gasteiger partial charge in [0.05, 0.1) is 23.0 Å². The first kappa shape index (κ1) is 48.6. The number of aliphatic hydroxyl groups excluding tert-OH is 1. The normalized spacial score (nSPS) is 17.9. The van der Waals surface area contributed by atoms with Crippen LogP contribution in [0.15, 0.2) is 82.6 Å².